The lowest BCUT2D eigenvalue weighted by atomic mass is 10.2. The summed E-state index contributed by atoms with van der Waals surface area (Å²) in [6, 6.07) is 0.851. The zero-order chi connectivity index (χ0) is 17.9. The average molecular weight is 381 g/mol. The zero-order valence-corrected chi connectivity index (χ0v) is 14.6. The van der Waals surface area contributed by atoms with Crippen LogP contribution in [0.3, 0.4) is 0 Å². The largest absolute Gasteiger partial charge is 0.417 e. The van der Waals surface area contributed by atoms with Crippen LogP contribution in [-0.2, 0) is 11.0 Å². The van der Waals surface area contributed by atoms with Crippen molar-refractivity contribution in [3.05, 3.63) is 22.8 Å². The number of pyridine rings is 1. The number of fused-ring (bicyclic) bond motifs is 1. The highest BCUT2D eigenvalue weighted by Gasteiger charge is 2.32. The first-order valence-electron chi connectivity index (χ1n) is 7.26. The monoisotopic (exact) mass is 380 g/mol. The first kappa shape index (κ1) is 18.9. The van der Waals surface area contributed by atoms with Crippen molar-refractivity contribution < 1.29 is 18.0 Å². The van der Waals surface area contributed by atoms with Crippen molar-refractivity contribution in [3.8, 4) is 0 Å². The molecule has 0 radical (unpaired) electrons. The predicted molar refractivity (Wildman–Crippen MR) is 86.2 cm³/mol. The summed E-state index contributed by atoms with van der Waals surface area (Å²) in [5, 5.41) is 10.4. The second-order valence-corrected chi connectivity index (χ2v) is 6.65. The predicted octanol–water partition coefficient (Wildman–Crippen LogP) is 3.80. The summed E-state index contributed by atoms with van der Waals surface area (Å²) < 4.78 is 39.8. The van der Waals surface area contributed by atoms with Crippen LogP contribution >= 0.6 is 23.4 Å². The van der Waals surface area contributed by atoms with Crippen molar-refractivity contribution in [1.29, 1.82) is 0 Å². The number of alkyl halides is 3. The summed E-state index contributed by atoms with van der Waals surface area (Å²) >= 11 is 6.84. The van der Waals surface area contributed by atoms with Crippen LogP contribution in [0.15, 0.2) is 17.4 Å². The van der Waals surface area contributed by atoms with E-state index in [2.05, 4.69) is 15.5 Å². The highest BCUT2D eigenvalue weighted by molar-refractivity contribution is 7.99. The maximum Gasteiger partial charge on any atom is 0.417 e. The molecule has 0 bridgehead atoms. The van der Waals surface area contributed by atoms with Gasteiger partial charge in [0.1, 0.15) is 0 Å². The van der Waals surface area contributed by atoms with Gasteiger partial charge in [0.2, 0.25) is 5.91 Å². The lowest BCUT2D eigenvalue weighted by molar-refractivity contribution is -0.137. The van der Waals surface area contributed by atoms with Crippen LogP contribution in [-0.4, -0.2) is 32.3 Å². The maximum absolute atomic E-state index is 12.9. The lowest BCUT2D eigenvalue weighted by Crippen LogP contribution is -2.33. The molecule has 2 aromatic heterocycles. The number of amides is 1. The van der Waals surface area contributed by atoms with E-state index >= 15 is 0 Å². The van der Waals surface area contributed by atoms with Gasteiger partial charge in [-0.3, -0.25) is 9.20 Å². The lowest BCUT2D eigenvalue weighted by Gasteiger charge is -2.12. The number of thioether (sulfide) groups is 1. The van der Waals surface area contributed by atoms with Crippen molar-refractivity contribution in [2.45, 2.75) is 44.1 Å². The minimum absolute atomic E-state index is 0.0305. The molecule has 2 heterocycles. The van der Waals surface area contributed by atoms with Crippen molar-refractivity contribution in [2.24, 2.45) is 0 Å². The molecule has 1 N–H and O–H groups in total. The number of hydrogen-bond acceptors (Lipinski definition) is 4. The normalized spacial score (nSPS) is 13.2. The number of carbonyl (C=O) groups is 1. The quantitative estimate of drug-likeness (QED) is 0.774. The van der Waals surface area contributed by atoms with Crippen LogP contribution < -0.4 is 5.32 Å². The van der Waals surface area contributed by atoms with E-state index in [0.29, 0.717) is 0 Å². The summed E-state index contributed by atoms with van der Waals surface area (Å²) in [6.45, 7) is 3.91. The molecule has 10 heteroatoms. The molecular formula is C14H16ClF3N4OS. The van der Waals surface area contributed by atoms with Gasteiger partial charge >= 0.3 is 6.18 Å². The summed E-state index contributed by atoms with van der Waals surface area (Å²) in [5.74, 6) is -0.182. The van der Waals surface area contributed by atoms with Crippen LogP contribution in [0.25, 0.3) is 5.65 Å². The van der Waals surface area contributed by atoms with Gasteiger partial charge < -0.3 is 5.32 Å². The highest BCUT2D eigenvalue weighted by Crippen LogP contribution is 2.33. The number of rotatable bonds is 6. The molecule has 132 valence electrons. The van der Waals surface area contributed by atoms with E-state index in [0.717, 1.165) is 41.3 Å². The number of carbonyl (C=O) groups excluding carboxylic acids is 1. The standard InChI is InChI=1S/C14H16ClF3N4OS/c1-3-4-8(2)19-11(23)7-24-13-21-20-12-10(15)5-9(6-22(12)13)14(16,17)18/h5-6,8H,3-4,7H2,1-2H3,(H,19,23). The zero-order valence-electron chi connectivity index (χ0n) is 13.0. The molecule has 24 heavy (non-hydrogen) atoms. The molecule has 0 aromatic carbocycles. The third kappa shape index (κ3) is 4.54. The Bertz CT molecular complexity index is 735. The van der Waals surface area contributed by atoms with Crippen LogP contribution in [0.4, 0.5) is 13.2 Å². The number of nitrogens with one attached hydrogen (secondary N) is 1. The second-order valence-electron chi connectivity index (χ2n) is 5.30. The molecule has 0 aliphatic carbocycles. The van der Waals surface area contributed by atoms with Gasteiger partial charge in [0.15, 0.2) is 10.8 Å². The van der Waals surface area contributed by atoms with Gasteiger partial charge in [0.05, 0.1) is 16.3 Å². The smallest absolute Gasteiger partial charge is 0.353 e. The molecule has 2 aromatic rings. The molecule has 1 amide bonds. The van der Waals surface area contributed by atoms with E-state index in [1.807, 2.05) is 13.8 Å². The van der Waals surface area contributed by atoms with E-state index in [-0.39, 0.29) is 33.5 Å². The molecule has 5 nitrogen and oxygen atoms in total. The van der Waals surface area contributed by atoms with E-state index in [9.17, 15) is 18.0 Å². The Kier molecular flexibility index (Phi) is 5.97. The molecule has 1 unspecified atom stereocenters. The molecule has 0 aliphatic heterocycles. The van der Waals surface area contributed by atoms with E-state index in [1.54, 1.807) is 0 Å². The molecular weight excluding hydrogens is 365 g/mol. The number of nitrogens with zero attached hydrogens (tertiary/aromatic N) is 3. The molecule has 0 saturated carbocycles. The van der Waals surface area contributed by atoms with Gasteiger partial charge in [-0.25, -0.2) is 0 Å². The summed E-state index contributed by atoms with van der Waals surface area (Å²) in [6.07, 6.45) is -1.85. The van der Waals surface area contributed by atoms with Gasteiger partial charge in [-0.05, 0) is 19.4 Å². The van der Waals surface area contributed by atoms with Crippen molar-refractivity contribution in [1.82, 2.24) is 19.9 Å². The number of halogens is 4. The summed E-state index contributed by atoms with van der Waals surface area (Å²) in [4.78, 5) is 11.9. The number of hydrogen-bond donors (Lipinski definition) is 1. The minimum Gasteiger partial charge on any atom is -0.353 e. The second kappa shape index (κ2) is 7.60. The van der Waals surface area contributed by atoms with Crippen LogP contribution in [0, 0.1) is 0 Å². The van der Waals surface area contributed by atoms with Crippen molar-refractivity contribution in [2.75, 3.05) is 5.75 Å². The fourth-order valence-corrected chi connectivity index (χ4v) is 3.11. The Balaban J connectivity index is 2.15. The molecule has 0 saturated heterocycles. The van der Waals surface area contributed by atoms with Crippen LogP contribution in [0.5, 0.6) is 0 Å². The van der Waals surface area contributed by atoms with Crippen LogP contribution in [0.2, 0.25) is 5.02 Å². The number of aromatic nitrogens is 3. The first-order valence-corrected chi connectivity index (χ1v) is 8.62. The Morgan fingerprint density at radius 2 is 2.17 bits per heavy atom. The molecule has 0 aliphatic rings. The van der Waals surface area contributed by atoms with E-state index in [4.69, 9.17) is 11.6 Å². The Labute approximate surface area is 146 Å². The fourth-order valence-electron chi connectivity index (χ4n) is 2.14. The van der Waals surface area contributed by atoms with Crippen molar-refractivity contribution in [3.63, 3.8) is 0 Å². The highest BCUT2D eigenvalue weighted by atomic mass is 35.5. The first-order chi connectivity index (χ1) is 11.2. The van der Waals surface area contributed by atoms with Gasteiger partial charge in [0, 0.05) is 12.2 Å². The van der Waals surface area contributed by atoms with Crippen LogP contribution in [0.1, 0.15) is 32.3 Å². The third-order valence-electron chi connectivity index (χ3n) is 3.22. The van der Waals surface area contributed by atoms with Gasteiger partial charge in [-0.15, -0.1) is 10.2 Å². The third-order valence-corrected chi connectivity index (χ3v) is 4.44. The topological polar surface area (TPSA) is 59.3 Å². The van der Waals surface area contributed by atoms with E-state index < -0.39 is 11.7 Å². The minimum atomic E-state index is -4.53. The Hall–Kier alpha value is -1.48. The summed E-state index contributed by atoms with van der Waals surface area (Å²) in [5.41, 5.74) is -0.783. The molecule has 0 fully saturated rings. The van der Waals surface area contributed by atoms with E-state index in [1.165, 1.54) is 0 Å². The SMILES string of the molecule is CCCC(C)NC(=O)CSc1nnc2c(Cl)cc(C(F)(F)F)cn12. The Morgan fingerprint density at radius 3 is 2.79 bits per heavy atom. The molecule has 0 spiro atoms. The average Bonchev–Trinajstić information content (AvgIpc) is 2.88. The Morgan fingerprint density at radius 1 is 1.46 bits per heavy atom. The summed E-state index contributed by atoms with van der Waals surface area (Å²) in [7, 11) is 0. The van der Waals surface area contributed by atoms with Gasteiger partial charge in [-0.1, -0.05) is 36.7 Å². The fraction of sp³-hybridized carbons (Fsp3) is 0.500. The van der Waals surface area contributed by atoms with Crippen molar-refractivity contribution >= 4 is 34.9 Å². The maximum atomic E-state index is 12.9. The molecule has 1 atom stereocenters. The molecule has 2 rings (SSSR count). The van der Waals surface area contributed by atoms with Gasteiger partial charge in [0.25, 0.3) is 0 Å². The van der Waals surface area contributed by atoms with Gasteiger partial charge in [-0.2, -0.15) is 13.2 Å².